The average Bonchev–Trinajstić information content (AvgIpc) is 2.67. The van der Waals surface area contributed by atoms with Gasteiger partial charge in [0.05, 0.1) is 18.4 Å². The Morgan fingerprint density at radius 1 is 0.926 bits per heavy atom. The lowest BCUT2D eigenvalue weighted by atomic mass is 10.0. The quantitative estimate of drug-likeness (QED) is 0.461. The van der Waals surface area contributed by atoms with Gasteiger partial charge in [0.1, 0.15) is 0 Å². The number of methoxy groups -OCH3 is 1. The van der Waals surface area contributed by atoms with Crippen LogP contribution in [0.1, 0.15) is 20.7 Å². The third-order valence-corrected chi connectivity index (χ3v) is 4.82. The summed E-state index contributed by atoms with van der Waals surface area (Å²) < 4.78 is 5.66. The first-order valence-electron chi connectivity index (χ1n) is 7.98. The Kier molecular flexibility index (Phi) is 5.83. The number of hydrogen-bond donors (Lipinski definition) is 2. The predicted octanol–water partition coefficient (Wildman–Crippen LogP) is 4.52. The van der Waals surface area contributed by atoms with Crippen LogP contribution in [0.15, 0.2) is 65.1 Å². The smallest absolute Gasteiger partial charge is 0.339 e. The molecule has 7 heteroatoms. The van der Waals surface area contributed by atoms with Gasteiger partial charge >= 0.3 is 5.97 Å². The van der Waals surface area contributed by atoms with Gasteiger partial charge in [0.2, 0.25) is 0 Å². The van der Waals surface area contributed by atoms with E-state index < -0.39 is 5.97 Å². The first-order valence-corrected chi connectivity index (χ1v) is 9.18. The molecule has 0 spiro atoms. The zero-order valence-electron chi connectivity index (χ0n) is 14.3. The van der Waals surface area contributed by atoms with Gasteiger partial charge in [0.15, 0.2) is 5.11 Å². The van der Waals surface area contributed by atoms with Crippen molar-refractivity contribution in [1.29, 1.82) is 0 Å². The monoisotopic (exact) mass is 442 g/mol. The first-order chi connectivity index (χ1) is 13.0. The van der Waals surface area contributed by atoms with E-state index in [4.69, 9.17) is 17.0 Å². The molecule has 0 heterocycles. The maximum Gasteiger partial charge on any atom is 0.339 e. The van der Waals surface area contributed by atoms with Crippen LogP contribution in [0.4, 0.5) is 5.69 Å². The molecular weight excluding hydrogens is 428 g/mol. The number of rotatable bonds is 3. The standard InChI is InChI=1S/C20H15BrN2O3S/c1-26-19(25)15-6-2-3-11-17(15)22-20(27)23-18(24)14-9-4-8-13-12(14)7-5-10-16(13)21/h2-11H,1H3,(H2,22,23,24,27). The molecule has 0 unspecified atom stereocenters. The molecule has 3 aromatic carbocycles. The van der Waals surface area contributed by atoms with Gasteiger partial charge in [-0.05, 0) is 47.3 Å². The Labute approximate surface area is 169 Å². The molecule has 2 N–H and O–H groups in total. The van der Waals surface area contributed by atoms with Gasteiger partial charge < -0.3 is 10.1 Å². The average molecular weight is 443 g/mol. The number of carbonyl (C=O) groups is 2. The van der Waals surface area contributed by atoms with Crippen molar-refractivity contribution < 1.29 is 14.3 Å². The topological polar surface area (TPSA) is 67.4 Å². The van der Waals surface area contributed by atoms with Crippen LogP contribution in [0.5, 0.6) is 0 Å². The molecule has 0 aliphatic rings. The minimum atomic E-state index is -0.494. The normalized spacial score (nSPS) is 10.3. The van der Waals surface area contributed by atoms with Crippen LogP contribution in [0, 0.1) is 0 Å². The number of halogens is 1. The van der Waals surface area contributed by atoms with Crippen LogP contribution in [0.25, 0.3) is 10.8 Å². The lowest BCUT2D eigenvalue weighted by Crippen LogP contribution is -2.34. The minimum absolute atomic E-state index is 0.0864. The molecule has 0 aliphatic heterocycles. The molecule has 0 saturated heterocycles. The second-order valence-electron chi connectivity index (χ2n) is 5.59. The molecule has 1 amide bonds. The Morgan fingerprint density at radius 2 is 1.59 bits per heavy atom. The number of fused-ring (bicyclic) bond motifs is 1. The molecule has 5 nitrogen and oxygen atoms in total. The number of hydrogen-bond acceptors (Lipinski definition) is 4. The summed E-state index contributed by atoms with van der Waals surface area (Å²) in [6.07, 6.45) is 0. The summed E-state index contributed by atoms with van der Waals surface area (Å²) in [6, 6.07) is 17.9. The zero-order chi connectivity index (χ0) is 19.4. The maximum absolute atomic E-state index is 12.7. The Morgan fingerprint density at radius 3 is 2.37 bits per heavy atom. The van der Waals surface area contributed by atoms with Crippen molar-refractivity contribution >= 4 is 61.6 Å². The predicted molar refractivity (Wildman–Crippen MR) is 113 cm³/mol. The number of esters is 1. The number of ether oxygens (including phenoxy) is 1. The summed E-state index contributed by atoms with van der Waals surface area (Å²) in [5.41, 5.74) is 1.28. The molecule has 3 rings (SSSR count). The number of amides is 1. The van der Waals surface area contributed by atoms with Crippen molar-refractivity contribution in [1.82, 2.24) is 5.32 Å². The number of para-hydroxylation sites is 1. The summed E-state index contributed by atoms with van der Waals surface area (Å²) in [5.74, 6) is -0.835. The van der Waals surface area contributed by atoms with E-state index in [2.05, 4.69) is 26.6 Å². The van der Waals surface area contributed by atoms with E-state index in [0.29, 0.717) is 16.8 Å². The second-order valence-corrected chi connectivity index (χ2v) is 6.85. The Balaban J connectivity index is 1.81. The van der Waals surface area contributed by atoms with E-state index in [1.54, 1.807) is 30.3 Å². The highest BCUT2D eigenvalue weighted by molar-refractivity contribution is 9.10. The highest BCUT2D eigenvalue weighted by Crippen LogP contribution is 2.26. The Hall–Kier alpha value is -2.77. The molecule has 0 aliphatic carbocycles. The van der Waals surface area contributed by atoms with Crippen molar-refractivity contribution in [2.24, 2.45) is 0 Å². The number of thiocarbonyl (C=S) groups is 1. The fourth-order valence-electron chi connectivity index (χ4n) is 2.67. The minimum Gasteiger partial charge on any atom is -0.465 e. The third kappa shape index (κ3) is 4.15. The lowest BCUT2D eigenvalue weighted by molar-refractivity contribution is 0.0602. The molecule has 0 aromatic heterocycles. The van der Waals surface area contributed by atoms with Gasteiger partial charge in [-0.25, -0.2) is 4.79 Å². The Bertz CT molecular complexity index is 1050. The number of benzene rings is 3. The van der Waals surface area contributed by atoms with Crippen LogP contribution >= 0.6 is 28.1 Å². The van der Waals surface area contributed by atoms with Gasteiger partial charge in [0, 0.05) is 10.0 Å². The van der Waals surface area contributed by atoms with Crippen molar-refractivity contribution in [3.63, 3.8) is 0 Å². The molecule has 27 heavy (non-hydrogen) atoms. The van der Waals surface area contributed by atoms with Crippen molar-refractivity contribution in [2.45, 2.75) is 0 Å². The summed E-state index contributed by atoms with van der Waals surface area (Å²) in [5, 5.41) is 7.35. The summed E-state index contributed by atoms with van der Waals surface area (Å²) in [6.45, 7) is 0. The van der Waals surface area contributed by atoms with Gasteiger partial charge in [-0.2, -0.15) is 0 Å². The summed E-state index contributed by atoms with van der Waals surface area (Å²) in [4.78, 5) is 24.5. The van der Waals surface area contributed by atoms with Crippen LogP contribution in [0.3, 0.4) is 0 Å². The van der Waals surface area contributed by atoms with Gasteiger partial charge in [-0.15, -0.1) is 0 Å². The first kappa shape index (κ1) is 19.0. The molecule has 0 radical (unpaired) electrons. The van der Waals surface area contributed by atoms with E-state index in [9.17, 15) is 9.59 Å². The molecule has 0 fully saturated rings. The molecular formula is C20H15BrN2O3S. The van der Waals surface area contributed by atoms with Crippen LogP contribution < -0.4 is 10.6 Å². The van der Waals surface area contributed by atoms with E-state index in [1.807, 2.05) is 30.3 Å². The fourth-order valence-corrected chi connectivity index (χ4v) is 3.37. The zero-order valence-corrected chi connectivity index (χ0v) is 16.7. The number of nitrogens with one attached hydrogen (secondary N) is 2. The van der Waals surface area contributed by atoms with E-state index >= 15 is 0 Å². The molecule has 0 bridgehead atoms. The lowest BCUT2D eigenvalue weighted by Gasteiger charge is -2.13. The fraction of sp³-hybridized carbons (Fsp3) is 0.0500. The SMILES string of the molecule is COC(=O)c1ccccc1NC(=S)NC(=O)c1cccc2c(Br)cccc12. The van der Waals surface area contributed by atoms with Gasteiger partial charge in [0.25, 0.3) is 5.91 Å². The largest absolute Gasteiger partial charge is 0.465 e. The van der Waals surface area contributed by atoms with Crippen molar-refractivity contribution in [3.8, 4) is 0 Å². The van der Waals surface area contributed by atoms with Gasteiger partial charge in [-0.3, -0.25) is 10.1 Å². The van der Waals surface area contributed by atoms with E-state index in [0.717, 1.165) is 15.2 Å². The molecule has 3 aromatic rings. The second kappa shape index (κ2) is 8.28. The summed E-state index contributed by atoms with van der Waals surface area (Å²) >= 11 is 8.73. The molecule has 0 saturated carbocycles. The highest BCUT2D eigenvalue weighted by Gasteiger charge is 2.15. The molecule has 136 valence electrons. The number of anilines is 1. The van der Waals surface area contributed by atoms with E-state index in [1.165, 1.54) is 7.11 Å². The maximum atomic E-state index is 12.7. The van der Waals surface area contributed by atoms with Gasteiger partial charge in [-0.1, -0.05) is 52.3 Å². The highest BCUT2D eigenvalue weighted by atomic mass is 79.9. The van der Waals surface area contributed by atoms with E-state index in [-0.39, 0.29) is 11.0 Å². The van der Waals surface area contributed by atoms with Crippen molar-refractivity contribution in [3.05, 3.63) is 76.3 Å². The van der Waals surface area contributed by atoms with Crippen LogP contribution in [-0.4, -0.2) is 24.1 Å². The summed E-state index contributed by atoms with van der Waals surface area (Å²) in [7, 11) is 1.30. The van der Waals surface area contributed by atoms with Crippen LogP contribution in [-0.2, 0) is 4.74 Å². The number of carbonyl (C=O) groups excluding carboxylic acids is 2. The molecule has 0 atom stereocenters. The van der Waals surface area contributed by atoms with Crippen molar-refractivity contribution in [2.75, 3.05) is 12.4 Å². The van der Waals surface area contributed by atoms with Crippen LogP contribution in [0.2, 0.25) is 0 Å². The third-order valence-electron chi connectivity index (χ3n) is 3.92.